The molecule has 7 nitrogen and oxygen atoms in total. The Morgan fingerprint density at radius 1 is 1.17 bits per heavy atom. The summed E-state index contributed by atoms with van der Waals surface area (Å²) >= 11 is 3.29. The van der Waals surface area contributed by atoms with E-state index in [0.29, 0.717) is 19.5 Å². The van der Waals surface area contributed by atoms with Crippen molar-refractivity contribution in [3.05, 3.63) is 36.5 Å². The maximum absolute atomic E-state index is 12.1. The summed E-state index contributed by atoms with van der Waals surface area (Å²) in [6.45, 7) is 7.32. The number of nitrogens with zero attached hydrogens (tertiary/aromatic N) is 4. The van der Waals surface area contributed by atoms with Crippen LogP contribution >= 0.6 is 23.5 Å². The van der Waals surface area contributed by atoms with Gasteiger partial charge in [0.25, 0.3) is 0 Å². The van der Waals surface area contributed by atoms with Crippen molar-refractivity contribution >= 4 is 46.3 Å². The third-order valence-corrected chi connectivity index (χ3v) is 5.90. The Morgan fingerprint density at radius 3 is 2.70 bits per heavy atom. The fraction of sp³-hybridized carbons (Fsp3) is 0.429. The lowest BCUT2D eigenvalue weighted by atomic mass is 10.3. The van der Waals surface area contributed by atoms with Gasteiger partial charge in [-0.05, 0) is 31.7 Å². The van der Waals surface area contributed by atoms with Crippen molar-refractivity contribution in [1.82, 2.24) is 25.1 Å². The quantitative estimate of drug-likeness (QED) is 0.341. The van der Waals surface area contributed by atoms with Gasteiger partial charge in [0.1, 0.15) is 5.82 Å². The molecule has 0 saturated heterocycles. The Labute approximate surface area is 185 Å². The first-order valence-corrected chi connectivity index (χ1v) is 12.1. The van der Waals surface area contributed by atoms with Gasteiger partial charge in [-0.2, -0.15) is 5.10 Å². The van der Waals surface area contributed by atoms with Crippen LogP contribution in [-0.4, -0.2) is 49.7 Å². The van der Waals surface area contributed by atoms with Gasteiger partial charge in [0.15, 0.2) is 10.8 Å². The molecule has 1 amide bonds. The van der Waals surface area contributed by atoms with Gasteiger partial charge in [-0.25, -0.2) is 14.6 Å². The number of hydrogen-bond acceptors (Lipinski definition) is 7. The van der Waals surface area contributed by atoms with Gasteiger partial charge in [-0.15, -0.1) is 11.8 Å². The number of fused-ring (bicyclic) bond motifs is 1. The molecule has 0 unspecified atom stereocenters. The first-order valence-electron chi connectivity index (χ1n) is 10.1. The van der Waals surface area contributed by atoms with Gasteiger partial charge < -0.3 is 10.6 Å². The number of aromatic nitrogens is 4. The standard InChI is InChI=1S/C21H28N6OS2/c1-4-29-21-25-19(24-15(2)3)17-14-23-27(20(17)26-21)12-11-22-18(28)10-13-30-16-8-6-5-7-9-16/h5-9,14-15H,4,10-13H2,1-3H3,(H,22,28)(H,24,25,26). The molecule has 3 aromatic rings. The molecule has 1 aromatic carbocycles. The highest BCUT2D eigenvalue weighted by Gasteiger charge is 2.14. The van der Waals surface area contributed by atoms with Gasteiger partial charge in [0.2, 0.25) is 5.91 Å². The van der Waals surface area contributed by atoms with Crippen molar-refractivity contribution in [2.75, 3.05) is 23.4 Å². The Bertz CT molecular complexity index is 961. The van der Waals surface area contributed by atoms with E-state index in [1.54, 1.807) is 29.7 Å². The van der Waals surface area contributed by atoms with Crippen molar-refractivity contribution in [2.45, 2.75) is 49.8 Å². The van der Waals surface area contributed by atoms with Crippen LogP contribution in [-0.2, 0) is 11.3 Å². The van der Waals surface area contributed by atoms with Crippen LogP contribution in [0.25, 0.3) is 11.0 Å². The largest absolute Gasteiger partial charge is 0.367 e. The van der Waals surface area contributed by atoms with E-state index in [1.165, 1.54) is 4.90 Å². The number of rotatable bonds is 11. The second-order valence-electron chi connectivity index (χ2n) is 6.95. The molecule has 0 saturated carbocycles. The van der Waals surface area contributed by atoms with Gasteiger partial charge in [-0.1, -0.05) is 36.9 Å². The van der Waals surface area contributed by atoms with E-state index in [0.717, 1.165) is 33.5 Å². The Hall–Kier alpha value is -2.26. The van der Waals surface area contributed by atoms with E-state index in [2.05, 4.69) is 58.6 Å². The summed E-state index contributed by atoms with van der Waals surface area (Å²) in [5.41, 5.74) is 0.790. The molecular weight excluding hydrogens is 416 g/mol. The van der Waals surface area contributed by atoms with Crippen molar-refractivity contribution < 1.29 is 4.79 Å². The zero-order valence-corrected chi connectivity index (χ0v) is 19.2. The van der Waals surface area contributed by atoms with E-state index >= 15 is 0 Å². The summed E-state index contributed by atoms with van der Waals surface area (Å²) in [5.74, 6) is 2.51. The minimum absolute atomic E-state index is 0.0499. The average molecular weight is 445 g/mol. The number of amides is 1. The molecule has 2 aromatic heterocycles. The SMILES string of the molecule is CCSc1nc(NC(C)C)c2cnn(CCNC(=O)CCSc3ccccc3)c2n1. The minimum Gasteiger partial charge on any atom is -0.367 e. The van der Waals surface area contributed by atoms with E-state index < -0.39 is 0 Å². The highest BCUT2D eigenvalue weighted by Crippen LogP contribution is 2.24. The molecule has 2 N–H and O–H groups in total. The lowest BCUT2D eigenvalue weighted by molar-refractivity contribution is -0.120. The fourth-order valence-corrected chi connectivity index (χ4v) is 4.28. The smallest absolute Gasteiger partial charge is 0.220 e. The van der Waals surface area contributed by atoms with E-state index in [-0.39, 0.29) is 11.9 Å². The van der Waals surface area contributed by atoms with Crippen LogP contribution in [0.3, 0.4) is 0 Å². The molecule has 9 heteroatoms. The molecule has 0 aliphatic carbocycles. The van der Waals surface area contributed by atoms with Gasteiger partial charge in [0, 0.05) is 29.7 Å². The van der Waals surface area contributed by atoms with Crippen molar-refractivity contribution in [2.24, 2.45) is 0 Å². The monoisotopic (exact) mass is 444 g/mol. The normalized spacial score (nSPS) is 11.2. The number of carbonyl (C=O) groups is 1. The van der Waals surface area contributed by atoms with Crippen LogP contribution in [0.4, 0.5) is 5.82 Å². The average Bonchev–Trinajstić information content (AvgIpc) is 3.12. The minimum atomic E-state index is 0.0499. The molecule has 0 bridgehead atoms. The van der Waals surface area contributed by atoms with E-state index in [1.807, 2.05) is 22.9 Å². The summed E-state index contributed by atoms with van der Waals surface area (Å²) in [4.78, 5) is 22.6. The molecule has 0 aliphatic heterocycles. The molecule has 0 fully saturated rings. The van der Waals surface area contributed by atoms with Crippen LogP contribution in [0.2, 0.25) is 0 Å². The van der Waals surface area contributed by atoms with E-state index in [4.69, 9.17) is 0 Å². The molecule has 0 radical (unpaired) electrons. The van der Waals surface area contributed by atoms with Crippen molar-refractivity contribution in [3.8, 4) is 0 Å². The van der Waals surface area contributed by atoms with Crippen molar-refractivity contribution in [1.29, 1.82) is 0 Å². The molecule has 0 aliphatic rings. The Balaban J connectivity index is 1.56. The molecular formula is C21H28N6OS2. The molecule has 0 spiro atoms. The second kappa shape index (κ2) is 11.2. The van der Waals surface area contributed by atoms with Gasteiger partial charge in [-0.3, -0.25) is 4.79 Å². The van der Waals surface area contributed by atoms with Crippen molar-refractivity contribution in [3.63, 3.8) is 0 Å². The van der Waals surface area contributed by atoms with Crippen LogP contribution < -0.4 is 10.6 Å². The number of thioether (sulfide) groups is 2. The first-order chi connectivity index (χ1) is 14.6. The van der Waals surface area contributed by atoms with Crippen LogP contribution in [0, 0.1) is 0 Å². The fourth-order valence-electron chi connectivity index (χ4n) is 2.84. The number of benzene rings is 1. The number of anilines is 1. The Kier molecular flexibility index (Phi) is 8.39. The number of nitrogens with one attached hydrogen (secondary N) is 2. The molecule has 30 heavy (non-hydrogen) atoms. The van der Waals surface area contributed by atoms with Gasteiger partial charge in [0.05, 0.1) is 18.1 Å². The third-order valence-electron chi connectivity index (χ3n) is 4.16. The predicted molar refractivity (Wildman–Crippen MR) is 125 cm³/mol. The second-order valence-corrected chi connectivity index (χ2v) is 9.35. The Morgan fingerprint density at radius 2 is 1.97 bits per heavy atom. The number of carbonyl (C=O) groups excluding carboxylic acids is 1. The summed E-state index contributed by atoms with van der Waals surface area (Å²) < 4.78 is 1.83. The summed E-state index contributed by atoms with van der Waals surface area (Å²) in [6.07, 6.45) is 2.28. The first kappa shape index (κ1) is 22.4. The lowest BCUT2D eigenvalue weighted by Crippen LogP contribution is -2.27. The summed E-state index contributed by atoms with van der Waals surface area (Å²) in [6, 6.07) is 10.4. The maximum atomic E-state index is 12.1. The summed E-state index contributed by atoms with van der Waals surface area (Å²) in [7, 11) is 0. The predicted octanol–water partition coefficient (Wildman–Crippen LogP) is 4.06. The third kappa shape index (κ3) is 6.37. The molecule has 3 rings (SSSR count). The van der Waals surface area contributed by atoms with Crippen LogP contribution in [0.5, 0.6) is 0 Å². The van der Waals surface area contributed by atoms with Crippen LogP contribution in [0.15, 0.2) is 46.6 Å². The van der Waals surface area contributed by atoms with Gasteiger partial charge >= 0.3 is 0 Å². The lowest BCUT2D eigenvalue weighted by Gasteiger charge is -2.11. The van der Waals surface area contributed by atoms with E-state index in [9.17, 15) is 4.79 Å². The summed E-state index contributed by atoms with van der Waals surface area (Å²) in [5, 5.41) is 12.5. The highest BCUT2D eigenvalue weighted by atomic mass is 32.2. The highest BCUT2D eigenvalue weighted by molar-refractivity contribution is 7.99. The zero-order valence-electron chi connectivity index (χ0n) is 17.6. The van der Waals surface area contributed by atoms with Crippen LogP contribution in [0.1, 0.15) is 27.2 Å². The topological polar surface area (TPSA) is 84.7 Å². The molecule has 0 atom stereocenters. The maximum Gasteiger partial charge on any atom is 0.220 e. The zero-order chi connectivity index (χ0) is 21.3. The molecule has 160 valence electrons. The number of hydrogen-bond donors (Lipinski definition) is 2. The molecule has 2 heterocycles.